The lowest BCUT2D eigenvalue weighted by Gasteiger charge is -2.16. The molecule has 2 aromatic carbocycles. The van der Waals surface area contributed by atoms with E-state index in [1.54, 1.807) is 0 Å². The number of alkyl carbamates (subject to hydrolysis) is 1. The summed E-state index contributed by atoms with van der Waals surface area (Å²) in [5.74, 6) is -2.29. The smallest absolute Gasteiger partial charge is 0.407 e. The average Bonchev–Trinajstić information content (AvgIpc) is 3.08. The van der Waals surface area contributed by atoms with E-state index in [-0.39, 0.29) is 32.0 Å². The van der Waals surface area contributed by atoms with Gasteiger partial charge >= 0.3 is 12.1 Å². The van der Waals surface area contributed by atoms with Crippen LogP contribution in [0.2, 0.25) is 0 Å². The molecule has 3 rings (SSSR count). The Morgan fingerprint density at radius 2 is 1.55 bits per heavy atom. The first-order valence-corrected chi connectivity index (χ1v) is 10.1. The molecular weight excluding hydrogens is 400 g/mol. The molecule has 1 aliphatic rings. The Morgan fingerprint density at radius 1 is 0.968 bits per heavy atom. The number of hydrogen-bond acceptors (Lipinski definition) is 5. The highest BCUT2D eigenvalue weighted by Gasteiger charge is 2.29. The molecule has 164 valence electrons. The van der Waals surface area contributed by atoms with E-state index in [1.165, 1.54) is 6.92 Å². The van der Waals surface area contributed by atoms with Gasteiger partial charge in [0.2, 0.25) is 5.91 Å². The van der Waals surface area contributed by atoms with Crippen LogP contribution >= 0.6 is 0 Å². The van der Waals surface area contributed by atoms with E-state index in [2.05, 4.69) is 10.6 Å². The maximum atomic E-state index is 12.1. The number of benzene rings is 2. The van der Waals surface area contributed by atoms with Crippen molar-refractivity contribution in [3.05, 3.63) is 59.7 Å². The molecule has 2 atom stereocenters. The number of nitrogens with one attached hydrogen (secondary N) is 2. The first kappa shape index (κ1) is 22.3. The molecule has 31 heavy (non-hydrogen) atoms. The third-order valence-electron chi connectivity index (χ3n) is 5.27. The Labute approximate surface area is 180 Å². The quantitative estimate of drug-likeness (QED) is 0.487. The number of ether oxygens (including phenoxy) is 1. The maximum absolute atomic E-state index is 12.1. The molecule has 2 aromatic rings. The summed E-state index contributed by atoms with van der Waals surface area (Å²) in [6.45, 7) is 1.44. The van der Waals surface area contributed by atoms with Gasteiger partial charge in [0.15, 0.2) is 0 Å². The van der Waals surface area contributed by atoms with Crippen LogP contribution in [0.4, 0.5) is 4.79 Å². The molecule has 0 aliphatic heterocycles. The molecule has 4 N–H and O–H groups in total. The molecule has 0 aromatic heterocycles. The number of amides is 2. The molecule has 0 bridgehead atoms. The number of aliphatic hydroxyl groups is 1. The first-order valence-electron chi connectivity index (χ1n) is 10.1. The van der Waals surface area contributed by atoms with Gasteiger partial charge in [-0.15, -0.1) is 0 Å². The first-order chi connectivity index (χ1) is 14.9. The van der Waals surface area contributed by atoms with E-state index in [0.29, 0.717) is 0 Å². The van der Waals surface area contributed by atoms with Gasteiger partial charge in [0.05, 0.1) is 18.4 Å². The zero-order chi connectivity index (χ0) is 22.4. The minimum atomic E-state index is -1.11. The minimum Gasteiger partial charge on any atom is -0.481 e. The van der Waals surface area contributed by atoms with E-state index < -0.39 is 30.0 Å². The van der Waals surface area contributed by atoms with Gasteiger partial charge in [-0.05, 0) is 22.3 Å². The van der Waals surface area contributed by atoms with Crippen LogP contribution < -0.4 is 10.6 Å². The van der Waals surface area contributed by atoms with E-state index in [9.17, 15) is 19.5 Å². The Balaban J connectivity index is 1.45. The summed E-state index contributed by atoms with van der Waals surface area (Å²) in [4.78, 5) is 34.6. The molecule has 0 fully saturated rings. The van der Waals surface area contributed by atoms with Crippen LogP contribution in [0.5, 0.6) is 0 Å². The predicted octanol–water partition coefficient (Wildman–Crippen LogP) is 2.11. The van der Waals surface area contributed by atoms with E-state index in [1.807, 2.05) is 48.5 Å². The zero-order valence-corrected chi connectivity index (χ0v) is 17.2. The lowest BCUT2D eigenvalue weighted by atomic mass is 9.98. The van der Waals surface area contributed by atoms with Crippen molar-refractivity contribution in [2.45, 2.75) is 25.4 Å². The molecule has 8 heteroatoms. The normalized spacial score (nSPS) is 14.1. The Morgan fingerprint density at radius 3 is 2.13 bits per heavy atom. The SMILES string of the molecule is CC(CNC(=O)CC(O)CNC(=O)OCC1c2ccccc2-c2ccccc21)C(=O)O. The van der Waals surface area contributed by atoms with Crippen molar-refractivity contribution >= 4 is 18.0 Å². The second kappa shape index (κ2) is 10.1. The fourth-order valence-electron chi connectivity index (χ4n) is 3.56. The maximum Gasteiger partial charge on any atom is 0.407 e. The van der Waals surface area contributed by atoms with Crippen molar-refractivity contribution in [1.29, 1.82) is 0 Å². The van der Waals surface area contributed by atoms with Crippen LogP contribution in [-0.2, 0) is 14.3 Å². The van der Waals surface area contributed by atoms with Gasteiger partial charge in [0.25, 0.3) is 0 Å². The van der Waals surface area contributed by atoms with Gasteiger partial charge in [0.1, 0.15) is 6.61 Å². The summed E-state index contributed by atoms with van der Waals surface area (Å²) >= 11 is 0. The second-order valence-electron chi connectivity index (χ2n) is 7.61. The average molecular weight is 426 g/mol. The fourth-order valence-corrected chi connectivity index (χ4v) is 3.56. The van der Waals surface area contributed by atoms with Crippen LogP contribution in [0, 0.1) is 5.92 Å². The topological polar surface area (TPSA) is 125 Å². The fraction of sp³-hybridized carbons (Fsp3) is 0.348. The number of carbonyl (C=O) groups is 3. The molecule has 0 spiro atoms. The Hall–Kier alpha value is -3.39. The third-order valence-corrected chi connectivity index (χ3v) is 5.27. The number of carboxylic acids is 1. The summed E-state index contributed by atoms with van der Waals surface area (Å²) in [5, 5.41) is 23.6. The summed E-state index contributed by atoms with van der Waals surface area (Å²) in [5.41, 5.74) is 4.46. The van der Waals surface area contributed by atoms with Gasteiger partial charge in [-0.1, -0.05) is 55.5 Å². The van der Waals surface area contributed by atoms with Gasteiger partial charge in [0, 0.05) is 19.0 Å². The number of aliphatic hydroxyl groups excluding tert-OH is 1. The largest absolute Gasteiger partial charge is 0.481 e. The van der Waals surface area contributed by atoms with E-state index in [0.717, 1.165) is 22.3 Å². The molecule has 2 unspecified atom stereocenters. The molecule has 0 saturated carbocycles. The predicted molar refractivity (Wildman–Crippen MR) is 114 cm³/mol. The number of carbonyl (C=O) groups excluding carboxylic acids is 2. The molecule has 0 radical (unpaired) electrons. The number of carboxylic acid groups (broad SMARTS) is 1. The van der Waals surface area contributed by atoms with Crippen molar-refractivity contribution in [2.75, 3.05) is 19.7 Å². The van der Waals surface area contributed by atoms with Gasteiger partial charge in [-0.25, -0.2) is 4.79 Å². The Kier molecular flexibility index (Phi) is 7.25. The molecule has 2 amide bonds. The van der Waals surface area contributed by atoms with Crippen molar-refractivity contribution in [3.8, 4) is 11.1 Å². The van der Waals surface area contributed by atoms with Crippen LogP contribution in [0.15, 0.2) is 48.5 Å². The number of hydrogen-bond donors (Lipinski definition) is 4. The standard InChI is InChI=1S/C23H26N2O6/c1-14(22(28)29)11-24-21(27)10-15(26)12-25-23(30)31-13-20-18-8-4-2-6-16(18)17-7-3-5-9-19(17)20/h2-9,14-15,20,26H,10-13H2,1H3,(H,24,27)(H,25,30)(H,28,29). The number of fused-ring (bicyclic) bond motifs is 3. The van der Waals surface area contributed by atoms with Crippen LogP contribution in [-0.4, -0.2) is 54.0 Å². The number of rotatable bonds is 9. The molecular formula is C23H26N2O6. The zero-order valence-electron chi connectivity index (χ0n) is 17.2. The van der Waals surface area contributed by atoms with Crippen LogP contribution in [0.1, 0.15) is 30.4 Å². The highest BCUT2D eigenvalue weighted by Crippen LogP contribution is 2.44. The lowest BCUT2D eigenvalue weighted by molar-refractivity contribution is -0.141. The summed E-state index contributed by atoms with van der Waals surface area (Å²) < 4.78 is 5.37. The summed E-state index contributed by atoms with van der Waals surface area (Å²) in [6.07, 6.45) is -2.04. The second-order valence-corrected chi connectivity index (χ2v) is 7.61. The van der Waals surface area contributed by atoms with Gasteiger partial charge < -0.3 is 25.6 Å². The molecule has 8 nitrogen and oxygen atoms in total. The van der Waals surface area contributed by atoms with Crippen molar-refractivity contribution < 1.29 is 29.3 Å². The van der Waals surface area contributed by atoms with Gasteiger partial charge in [-0.3, -0.25) is 9.59 Å². The highest BCUT2D eigenvalue weighted by atomic mass is 16.5. The molecule has 0 heterocycles. The summed E-state index contributed by atoms with van der Waals surface area (Å²) in [6, 6.07) is 16.0. The molecule has 0 saturated heterocycles. The van der Waals surface area contributed by atoms with Crippen LogP contribution in [0.3, 0.4) is 0 Å². The number of aliphatic carboxylic acids is 1. The van der Waals surface area contributed by atoms with E-state index in [4.69, 9.17) is 9.84 Å². The highest BCUT2D eigenvalue weighted by molar-refractivity contribution is 5.79. The molecule has 1 aliphatic carbocycles. The van der Waals surface area contributed by atoms with Gasteiger partial charge in [-0.2, -0.15) is 0 Å². The van der Waals surface area contributed by atoms with Crippen LogP contribution in [0.25, 0.3) is 11.1 Å². The minimum absolute atomic E-state index is 0.0271. The lowest BCUT2D eigenvalue weighted by Crippen LogP contribution is -2.38. The van der Waals surface area contributed by atoms with Crippen molar-refractivity contribution in [2.24, 2.45) is 5.92 Å². The van der Waals surface area contributed by atoms with Crippen molar-refractivity contribution in [3.63, 3.8) is 0 Å². The Bertz CT molecular complexity index is 915. The van der Waals surface area contributed by atoms with Crippen molar-refractivity contribution in [1.82, 2.24) is 10.6 Å². The monoisotopic (exact) mass is 426 g/mol. The summed E-state index contributed by atoms with van der Waals surface area (Å²) in [7, 11) is 0. The van der Waals surface area contributed by atoms with E-state index >= 15 is 0 Å². The third kappa shape index (κ3) is 5.61.